The van der Waals surface area contributed by atoms with Gasteiger partial charge in [-0.05, 0) is 44.0 Å². The Balaban J connectivity index is 0.0000135. The van der Waals surface area contributed by atoms with E-state index in [2.05, 4.69) is 16.0 Å². The van der Waals surface area contributed by atoms with Gasteiger partial charge in [0.2, 0.25) is 12.3 Å². The summed E-state index contributed by atoms with van der Waals surface area (Å²) in [7, 11) is -4.37. The van der Waals surface area contributed by atoms with Gasteiger partial charge in [0, 0.05) is 5.56 Å². The summed E-state index contributed by atoms with van der Waals surface area (Å²) in [4.78, 5) is 96.7. The van der Waals surface area contributed by atoms with Crippen molar-refractivity contribution in [3.05, 3.63) is 41.7 Å². The Kier molecular flexibility index (Phi) is 19.3. The monoisotopic (exact) mass is 757 g/mol. The SMILES string of the molecule is CCCCC[C@@H](C(=O)NCNC(=O)c1ccc(-c2ccc(C(=O)N[C@@H](CC(=O)O)C(=O)O)c(OCC)c2)o1)[C@@H](CC)N(C=O)OCCP(=O)(O)O.N. The highest BCUT2D eigenvalue weighted by molar-refractivity contribution is 7.51. The van der Waals surface area contributed by atoms with Crippen molar-refractivity contribution in [2.24, 2.45) is 5.92 Å². The molecule has 290 valence electrons. The van der Waals surface area contributed by atoms with E-state index in [-0.39, 0.29) is 42.3 Å². The Morgan fingerprint density at radius 3 is 2.29 bits per heavy atom. The lowest BCUT2D eigenvalue weighted by atomic mass is 9.90. The Morgan fingerprint density at radius 1 is 1.00 bits per heavy atom. The predicted molar refractivity (Wildman–Crippen MR) is 184 cm³/mol. The van der Waals surface area contributed by atoms with Gasteiger partial charge in [-0.2, -0.15) is 0 Å². The number of ether oxygens (including phenoxy) is 1. The van der Waals surface area contributed by atoms with Crippen LogP contribution in [0, 0.1) is 5.92 Å². The zero-order valence-corrected chi connectivity index (χ0v) is 30.1. The number of aliphatic carboxylic acids is 2. The van der Waals surface area contributed by atoms with Gasteiger partial charge >= 0.3 is 19.5 Å². The van der Waals surface area contributed by atoms with Gasteiger partial charge in [0.05, 0.1) is 50.0 Å². The van der Waals surface area contributed by atoms with Crippen LogP contribution >= 0.6 is 7.60 Å². The fourth-order valence-corrected chi connectivity index (χ4v) is 5.34. The number of hydrogen-bond acceptors (Lipinski definition) is 11. The summed E-state index contributed by atoms with van der Waals surface area (Å²) in [5.41, 5.74) is 0.339. The van der Waals surface area contributed by atoms with Crippen LogP contribution in [0.3, 0.4) is 0 Å². The molecule has 0 aliphatic heterocycles. The average molecular weight is 758 g/mol. The first-order chi connectivity index (χ1) is 24.1. The minimum Gasteiger partial charge on any atom is -0.493 e. The maximum atomic E-state index is 13.3. The van der Waals surface area contributed by atoms with Gasteiger partial charge in [-0.25, -0.2) is 9.86 Å². The molecule has 1 aromatic carbocycles. The molecule has 0 fully saturated rings. The number of furan rings is 1. The molecule has 0 unspecified atom stereocenters. The fraction of sp³-hybridized carbons (Fsp3) is 0.500. The summed E-state index contributed by atoms with van der Waals surface area (Å²) in [6, 6.07) is 4.69. The van der Waals surface area contributed by atoms with Gasteiger partial charge in [-0.3, -0.25) is 33.4 Å². The van der Waals surface area contributed by atoms with Crippen LogP contribution in [0.25, 0.3) is 11.3 Å². The summed E-state index contributed by atoms with van der Waals surface area (Å²) >= 11 is 0. The zero-order chi connectivity index (χ0) is 38.1. The largest absolute Gasteiger partial charge is 0.493 e. The molecule has 1 aromatic heterocycles. The second-order valence-corrected chi connectivity index (χ2v) is 13.0. The first-order valence-electron chi connectivity index (χ1n) is 16.2. The van der Waals surface area contributed by atoms with Crippen LogP contribution in [-0.2, 0) is 28.6 Å². The van der Waals surface area contributed by atoms with Crippen molar-refractivity contribution >= 4 is 43.7 Å². The van der Waals surface area contributed by atoms with Crippen LogP contribution < -0.4 is 26.8 Å². The Labute approximate surface area is 300 Å². The highest BCUT2D eigenvalue weighted by Gasteiger charge is 2.32. The van der Waals surface area contributed by atoms with Crippen molar-refractivity contribution in [1.82, 2.24) is 27.2 Å². The van der Waals surface area contributed by atoms with Crippen molar-refractivity contribution in [3.63, 3.8) is 0 Å². The lowest BCUT2D eigenvalue weighted by Crippen LogP contribution is -2.48. The molecule has 0 aliphatic carbocycles. The molecular formula is C32H48N5O14P. The molecule has 3 atom stereocenters. The number of nitrogens with one attached hydrogen (secondary N) is 3. The standard InChI is InChI=1S/C32H45N4O14P.H3N/c1-4-7-8-9-21(24(5-2)36(19-37)49-14-15-51(45,46)47)29(40)33-18-34-31(42)26-13-12-25(50-26)20-10-11-22(27(16-20)48-6-3)30(41)35-23(32(43)44)17-28(38)39;/h10-13,16,19,21,23-24H,4-9,14-15,17-18H2,1-3H3,(H,33,40)(H,34,42)(H,35,41)(H,38,39)(H,43,44)(H2,45,46,47);1H3/t21-,23+,24-;/m1./s1. The molecular weight excluding hydrogens is 709 g/mol. The third-order valence-corrected chi connectivity index (χ3v) is 8.29. The number of nitrogens with zero attached hydrogens (tertiary/aromatic N) is 1. The number of carboxylic acid groups (broad SMARTS) is 2. The van der Waals surface area contributed by atoms with Crippen LogP contribution in [0.5, 0.6) is 5.75 Å². The number of carbonyl (C=O) groups is 6. The topological polar surface area (TPSA) is 306 Å². The highest BCUT2D eigenvalue weighted by Crippen LogP contribution is 2.34. The maximum absolute atomic E-state index is 13.3. The molecule has 19 nitrogen and oxygen atoms in total. The van der Waals surface area contributed by atoms with E-state index in [0.717, 1.165) is 17.9 Å². The highest BCUT2D eigenvalue weighted by atomic mass is 31.2. The minimum absolute atomic E-state index is 0. The second-order valence-electron chi connectivity index (χ2n) is 11.3. The molecule has 52 heavy (non-hydrogen) atoms. The normalized spacial score (nSPS) is 12.7. The number of unbranched alkanes of at least 4 members (excludes halogenated alkanes) is 2. The van der Waals surface area contributed by atoms with Crippen LogP contribution in [0.15, 0.2) is 34.7 Å². The van der Waals surface area contributed by atoms with E-state index >= 15 is 0 Å². The number of rotatable bonds is 24. The van der Waals surface area contributed by atoms with Crippen LogP contribution in [0.4, 0.5) is 0 Å². The number of carboxylic acids is 2. The minimum atomic E-state index is -4.37. The fourth-order valence-electron chi connectivity index (χ4n) is 5.02. The van der Waals surface area contributed by atoms with Crippen molar-refractivity contribution in [2.75, 3.05) is 26.0 Å². The van der Waals surface area contributed by atoms with Gasteiger partial charge in [0.1, 0.15) is 17.6 Å². The summed E-state index contributed by atoms with van der Waals surface area (Å²) in [6.07, 6.45) is 1.95. The maximum Gasteiger partial charge on any atom is 0.327 e. The number of hydrogen-bond donors (Lipinski definition) is 8. The third kappa shape index (κ3) is 14.4. The third-order valence-electron chi connectivity index (χ3n) is 7.53. The smallest absolute Gasteiger partial charge is 0.327 e. The summed E-state index contributed by atoms with van der Waals surface area (Å²) in [6.45, 7) is 4.78. The van der Waals surface area contributed by atoms with E-state index < -0.39 is 74.4 Å². The molecule has 0 saturated carbocycles. The Hall–Kier alpha value is -4.81. The van der Waals surface area contributed by atoms with Crippen LogP contribution in [0.2, 0.25) is 0 Å². The van der Waals surface area contributed by atoms with Crippen LogP contribution in [0.1, 0.15) is 80.2 Å². The van der Waals surface area contributed by atoms with Gasteiger partial charge in [0.25, 0.3) is 11.8 Å². The summed E-state index contributed by atoms with van der Waals surface area (Å²) < 4.78 is 22.5. The van der Waals surface area contributed by atoms with Crippen LogP contribution in [-0.4, -0.2) is 99.3 Å². The Morgan fingerprint density at radius 2 is 1.71 bits per heavy atom. The lowest BCUT2D eigenvalue weighted by Gasteiger charge is -2.32. The molecule has 20 heteroatoms. The van der Waals surface area contributed by atoms with Gasteiger partial charge in [-0.15, -0.1) is 0 Å². The zero-order valence-electron chi connectivity index (χ0n) is 29.2. The molecule has 2 aromatic rings. The predicted octanol–water partition coefficient (Wildman–Crippen LogP) is 2.51. The van der Waals surface area contributed by atoms with Crippen molar-refractivity contribution in [3.8, 4) is 17.1 Å². The number of benzene rings is 1. The molecule has 0 spiro atoms. The molecule has 2 rings (SSSR count). The van der Waals surface area contributed by atoms with E-state index in [1.165, 1.54) is 30.3 Å². The molecule has 0 radical (unpaired) electrons. The van der Waals surface area contributed by atoms with E-state index in [4.69, 9.17) is 28.9 Å². The van der Waals surface area contributed by atoms with Crippen molar-refractivity contribution in [1.29, 1.82) is 0 Å². The summed E-state index contributed by atoms with van der Waals surface area (Å²) in [5.74, 6) is -5.57. The second kappa shape index (κ2) is 22.2. The van der Waals surface area contributed by atoms with Crippen molar-refractivity contribution in [2.45, 2.75) is 71.4 Å². The average Bonchev–Trinajstić information content (AvgIpc) is 3.56. The molecule has 10 N–H and O–H groups in total. The van der Waals surface area contributed by atoms with E-state index in [1.807, 2.05) is 6.92 Å². The molecule has 4 amide bonds. The van der Waals surface area contributed by atoms with Gasteiger partial charge in [-0.1, -0.05) is 39.2 Å². The first-order valence-corrected chi connectivity index (χ1v) is 18.0. The van der Waals surface area contributed by atoms with Crippen molar-refractivity contribution < 1.29 is 67.3 Å². The lowest BCUT2D eigenvalue weighted by molar-refractivity contribution is -0.192. The van der Waals surface area contributed by atoms with Gasteiger partial charge in [0.15, 0.2) is 5.76 Å². The number of hydroxylamine groups is 2. The number of amides is 4. The van der Waals surface area contributed by atoms with Gasteiger partial charge < -0.3 is 51.3 Å². The number of carbonyl (C=O) groups excluding carboxylic acids is 4. The van der Waals surface area contributed by atoms with E-state index in [1.54, 1.807) is 13.8 Å². The molecule has 0 bridgehead atoms. The molecule has 1 heterocycles. The summed E-state index contributed by atoms with van der Waals surface area (Å²) in [5, 5.41) is 26.5. The molecule has 0 saturated heterocycles. The Bertz CT molecular complexity index is 1560. The van der Waals surface area contributed by atoms with E-state index in [0.29, 0.717) is 31.2 Å². The quantitative estimate of drug-likeness (QED) is 0.0251. The molecule has 0 aliphatic rings. The first kappa shape index (κ1) is 45.2. The van der Waals surface area contributed by atoms with E-state index in [9.17, 15) is 38.4 Å².